The number of hydrazone groups is 1. The maximum Gasteiger partial charge on any atom is 0.271 e. The topological polar surface area (TPSA) is 54.4 Å². The summed E-state index contributed by atoms with van der Waals surface area (Å²) in [5, 5.41) is 4.68. The third-order valence-electron chi connectivity index (χ3n) is 9.19. The molecule has 0 saturated heterocycles. The number of nitrogens with zero attached hydrogens (tertiary/aromatic N) is 2. The van der Waals surface area contributed by atoms with Crippen LogP contribution in [0.4, 0.5) is 0 Å². The minimum Gasteiger partial charge on any atom is -0.267 e. The Morgan fingerprint density at radius 2 is 1.93 bits per heavy atom. The van der Waals surface area contributed by atoms with Crippen molar-refractivity contribution < 1.29 is 4.79 Å². The molecular formula is C25H33N3O. The summed E-state index contributed by atoms with van der Waals surface area (Å²) in [5.41, 5.74) is 5.32. The van der Waals surface area contributed by atoms with Gasteiger partial charge in [0.05, 0.1) is 0 Å². The Kier molecular flexibility index (Phi) is 4.64. The van der Waals surface area contributed by atoms with Crippen molar-refractivity contribution in [3.05, 3.63) is 42.2 Å². The average Bonchev–Trinajstić information content (AvgIpc) is 3.08. The van der Waals surface area contributed by atoms with Crippen LogP contribution in [0.25, 0.3) is 0 Å². The van der Waals surface area contributed by atoms with E-state index >= 15 is 0 Å². The monoisotopic (exact) mass is 391 g/mol. The minimum absolute atomic E-state index is 0.136. The van der Waals surface area contributed by atoms with E-state index in [1.54, 1.807) is 24.5 Å². The lowest BCUT2D eigenvalue weighted by molar-refractivity contribution is -0.0761. The Morgan fingerprint density at radius 1 is 1.10 bits per heavy atom. The highest BCUT2D eigenvalue weighted by atomic mass is 16.2. The Hall–Kier alpha value is -1.97. The molecule has 4 nitrogen and oxygen atoms in total. The molecule has 1 N–H and O–H groups in total. The molecule has 6 atom stereocenters. The first kappa shape index (κ1) is 19.0. The van der Waals surface area contributed by atoms with Crippen LogP contribution in [-0.4, -0.2) is 16.6 Å². The normalized spacial score (nSPS) is 42.1. The van der Waals surface area contributed by atoms with E-state index in [0.29, 0.717) is 11.0 Å². The van der Waals surface area contributed by atoms with Crippen molar-refractivity contribution in [2.75, 3.05) is 0 Å². The highest BCUT2D eigenvalue weighted by Crippen LogP contribution is 2.64. The van der Waals surface area contributed by atoms with Gasteiger partial charge < -0.3 is 0 Å². The van der Waals surface area contributed by atoms with Gasteiger partial charge in [0.15, 0.2) is 0 Å². The van der Waals surface area contributed by atoms with Crippen molar-refractivity contribution >= 4 is 11.6 Å². The van der Waals surface area contributed by atoms with Crippen molar-refractivity contribution in [2.45, 2.75) is 65.2 Å². The molecular weight excluding hydrogens is 358 g/mol. The largest absolute Gasteiger partial charge is 0.271 e. The summed E-state index contributed by atoms with van der Waals surface area (Å²) in [6, 6.07) is 3.47. The fourth-order valence-corrected chi connectivity index (χ4v) is 7.50. The van der Waals surface area contributed by atoms with Crippen molar-refractivity contribution in [1.29, 1.82) is 0 Å². The van der Waals surface area contributed by atoms with Gasteiger partial charge in [-0.25, -0.2) is 5.43 Å². The number of pyridine rings is 1. The minimum atomic E-state index is -0.136. The van der Waals surface area contributed by atoms with E-state index in [0.717, 1.165) is 30.1 Å². The second-order valence-electron chi connectivity index (χ2n) is 10.3. The Labute approximate surface area is 174 Å². The molecule has 6 unspecified atom stereocenters. The molecule has 5 rings (SSSR count). The summed E-state index contributed by atoms with van der Waals surface area (Å²) < 4.78 is 0. The fourth-order valence-electron chi connectivity index (χ4n) is 7.50. The predicted molar refractivity (Wildman–Crippen MR) is 115 cm³/mol. The van der Waals surface area contributed by atoms with Crippen molar-refractivity contribution in [3.63, 3.8) is 0 Å². The SMILES string of the molecule is CC12CCC3C(CCC4CC=CCC43C)C1CCC2=NNC(=O)c1ccncc1. The zero-order valence-corrected chi connectivity index (χ0v) is 17.7. The fraction of sp³-hybridized carbons (Fsp3) is 0.640. The summed E-state index contributed by atoms with van der Waals surface area (Å²) in [7, 11) is 0. The molecule has 0 spiro atoms. The summed E-state index contributed by atoms with van der Waals surface area (Å²) in [4.78, 5) is 16.4. The first-order valence-corrected chi connectivity index (χ1v) is 11.4. The standard InChI is InChI=1S/C25H33N3O/c1-24-13-4-3-5-18(24)6-7-19-20-8-9-22(25(20,2)14-10-21(19)24)27-28-23(29)17-11-15-26-16-12-17/h3-4,11-12,15-16,18-21H,5-10,13-14H2,1-2H3,(H,28,29). The molecule has 29 heavy (non-hydrogen) atoms. The van der Waals surface area contributed by atoms with E-state index < -0.39 is 0 Å². The number of nitrogens with one attached hydrogen (secondary N) is 1. The van der Waals surface area contributed by atoms with Crippen LogP contribution in [-0.2, 0) is 0 Å². The lowest BCUT2D eigenvalue weighted by Gasteiger charge is -2.59. The van der Waals surface area contributed by atoms with Gasteiger partial charge in [0.2, 0.25) is 0 Å². The molecule has 1 aromatic rings. The predicted octanol–water partition coefficient (Wildman–Crippen LogP) is 5.38. The third kappa shape index (κ3) is 2.98. The highest BCUT2D eigenvalue weighted by Gasteiger charge is 2.58. The van der Waals surface area contributed by atoms with Gasteiger partial charge in [0, 0.05) is 29.1 Å². The van der Waals surface area contributed by atoms with Crippen LogP contribution < -0.4 is 5.43 Å². The third-order valence-corrected chi connectivity index (χ3v) is 9.19. The number of carbonyl (C=O) groups is 1. The molecule has 3 saturated carbocycles. The molecule has 4 heteroatoms. The molecule has 3 fully saturated rings. The van der Waals surface area contributed by atoms with Gasteiger partial charge in [0.25, 0.3) is 5.91 Å². The molecule has 0 aromatic carbocycles. The van der Waals surface area contributed by atoms with Crippen molar-refractivity contribution in [1.82, 2.24) is 10.4 Å². The molecule has 0 radical (unpaired) electrons. The molecule has 4 aliphatic carbocycles. The lowest BCUT2D eigenvalue weighted by atomic mass is 9.46. The summed E-state index contributed by atoms with van der Waals surface area (Å²) >= 11 is 0. The Morgan fingerprint density at radius 3 is 2.76 bits per heavy atom. The van der Waals surface area contributed by atoms with E-state index in [4.69, 9.17) is 0 Å². The van der Waals surface area contributed by atoms with Crippen LogP contribution in [0.5, 0.6) is 0 Å². The van der Waals surface area contributed by atoms with Crippen molar-refractivity contribution in [2.24, 2.45) is 39.6 Å². The van der Waals surface area contributed by atoms with E-state index in [9.17, 15) is 4.79 Å². The van der Waals surface area contributed by atoms with Crippen molar-refractivity contribution in [3.8, 4) is 0 Å². The Balaban J connectivity index is 1.35. The molecule has 1 amide bonds. The number of amides is 1. The van der Waals surface area contributed by atoms with Gasteiger partial charge in [-0.05, 0) is 92.6 Å². The quantitative estimate of drug-likeness (QED) is 0.544. The van der Waals surface area contributed by atoms with Gasteiger partial charge in [-0.1, -0.05) is 26.0 Å². The van der Waals surface area contributed by atoms with Crippen LogP contribution >= 0.6 is 0 Å². The van der Waals surface area contributed by atoms with Crippen LogP contribution in [0, 0.1) is 34.5 Å². The van der Waals surface area contributed by atoms with E-state index in [1.807, 2.05) is 0 Å². The summed E-state index contributed by atoms with van der Waals surface area (Å²) in [6.45, 7) is 5.01. The second kappa shape index (κ2) is 7.07. The highest BCUT2D eigenvalue weighted by molar-refractivity contribution is 5.97. The van der Waals surface area contributed by atoms with E-state index in [2.05, 4.69) is 41.5 Å². The van der Waals surface area contributed by atoms with Crippen LogP contribution in [0.3, 0.4) is 0 Å². The van der Waals surface area contributed by atoms with E-state index in [1.165, 1.54) is 50.7 Å². The van der Waals surface area contributed by atoms with Crippen LogP contribution in [0.1, 0.15) is 75.6 Å². The maximum absolute atomic E-state index is 12.4. The molecule has 0 bridgehead atoms. The zero-order valence-electron chi connectivity index (χ0n) is 17.7. The van der Waals surface area contributed by atoms with Gasteiger partial charge in [0.1, 0.15) is 0 Å². The summed E-state index contributed by atoms with van der Waals surface area (Å²) in [5.74, 6) is 3.15. The van der Waals surface area contributed by atoms with Gasteiger partial charge >= 0.3 is 0 Å². The number of hydrogen-bond donors (Lipinski definition) is 1. The molecule has 1 heterocycles. The number of carbonyl (C=O) groups excluding carboxylic acids is 1. The van der Waals surface area contributed by atoms with Crippen LogP contribution in [0.15, 0.2) is 41.8 Å². The van der Waals surface area contributed by atoms with Gasteiger partial charge in [-0.3, -0.25) is 9.78 Å². The number of fused-ring (bicyclic) bond motifs is 5. The average molecular weight is 392 g/mol. The number of hydrogen-bond acceptors (Lipinski definition) is 3. The zero-order chi connectivity index (χ0) is 20.1. The maximum atomic E-state index is 12.4. The van der Waals surface area contributed by atoms with E-state index in [-0.39, 0.29) is 11.3 Å². The van der Waals surface area contributed by atoms with Gasteiger partial charge in [-0.2, -0.15) is 5.10 Å². The smallest absolute Gasteiger partial charge is 0.267 e. The number of aromatic nitrogens is 1. The molecule has 1 aromatic heterocycles. The van der Waals surface area contributed by atoms with Crippen LogP contribution in [0.2, 0.25) is 0 Å². The first-order chi connectivity index (χ1) is 14.0. The molecule has 154 valence electrons. The Bertz CT molecular complexity index is 847. The lowest BCUT2D eigenvalue weighted by Crippen LogP contribution is -2.52. The first-order valence-electron chi connectivity index (χ1n) is 11.4. The molecule has 0 aliphatic heterocycles. The number of rotatable bonds is 2. The molecule has 4 aliphatic rings. The number of allylic oxidation sites excluding steroid dienone is 2. The summed E-state index contributed by atoms with van der Waals surface area (Å²) in [6.07, 6.45) is 18.3. The van der Waals surface area contributed by atoms with Gasteiger partial charge in [-0.15, -0.1) is 0 Å². The second-order valence-corrected chi connectivity index (χ2v) is 10.3.